The normalized spacial score (nSPS) is 12.8. The van der Waals surface area contributed by atoms with Crippen molar-refractivity contribution in [2.75, 3.05) is 0 Å². The lowest BCUT2D eigenvalue weighted by molar-refractivity contribution is -0.120. The fourth-order valence-electron chi connectivity index (χ4n) is 1.39. The molecule has 16 heavy (non-hydrogen) atoms. The maximum atomic E-state index is 11.4. The van der Waals surface area contributed by atoms with Gasteiger partial charge in [-0.15, -0.1) is 0 Å². The fourth-order valence-corrected chi connectivity index (χ4v) is 2.18. The van der Waals surface area contributed by atoms with Gasteiger partial charge < -0.3 is 5.73 Å². The predicted molar refractivity (Wildman–Crippen MR) is 69.4 cm³/mol. The molecule has 0 spiro atoms. The topological polar surface area (TPSA) is 55.1 Å². The molecule has 0 aliphatic carbocycles. The molecule has 0 aliphatic heterocycles. The largest absolute Gasteiger partial charge is 0.368 e. The first-order valence-corrected chi connectivity index (χ1v) is 6.09. The fraction of sp³-hybridized carbons (Fsp3) is 0.364. The summed E-state index contributed by atoms with van der Waals surface area (Å²) in [4.78, 5) is 11.4. The van der Waals surface area contributed by atoms with E-state index in [0.29, 0.717) is 10.6 Å². The summed E-state index contributed by atoms with van der Waals surface area (Å²) in [5, 5.41) is 3.60. The van der Waals surface area contributed by atoms with Crippen LogP contribution in [0.25, 0.3) is 0 Å². The van der Waals surface area contributed by atoms with Gasteiger partial charge in [0.15, 0.2) is 0 Å². The van der Waals surface area contributed by atoms with E-state index >= 15 is 0 Å². The summed E-state index contributed by atoms with van der Waals surface area (Å²) < 4.78 is 0.869. The van der Waals surface area contributed by atoms with E-state index in [4.69, 9.17) is 17.3 Å². The highest BCUT2D eigenvalue weighted by Crippen LogP contribution is 2.26. The van der Waals surface area contributed by atoms with Crippen LogP contribution in [-0.4, -0.2) is 11.9 Å². The monoisotopic (exact) mass is 304 g/mol. The van der Waals surface area contributed by atoms with Gasteiger partial charge in [0.2, 0.25) is 5.91 Å². The van der Waals surface area contributed by atoms with Gasteiger partial charge in [0, 0.05) is 15.5 Å². The number of amides is 1. The molecule has 1 unspecified atom stereocenters. The molecule has 1 amide bonds. The van der Waals surface area contributed by atoms with Gasteiger partial charge in [0.1, 0.15) is 6.04 Å². The molecule has 3 N–H and O–H groups in total. The van der Waals surface area contributed by atoms with E-state index in [1.807, 2.05) is 19.9 Å². The summed E-state index contributed by atoms with van der Waals surface area (Å²) in [7, 11) is 0. The summed E-state index contributed by atoms with van der Waals surface area (Å²) in [6.07, 6.45) is 0. The van der Waals surface area contributed by atoms with Crippen molar-refractivity contribution in [1.29, 1.82) is 0 Å². The minimum Gasteiger partial charge on any atom is -0.368 e. The molecule has 5 heteroatoms. The molecule has 0 saturated heterocycles. The van der Waals surface area contributed by atoms with Gasteiger partial charge in [-0.3, -0.25) is 10.1 Å². The summed E-state index contributed by atoms with van der Waals surface area (Å²) in [6, 6.07) is 4.96. The van der Waals surface area contributed by atoms with Gasteiger partial charge in [-0.2, -0.15) is 0 Å². The summed E-state index contributed by atoms with van der Waals surface area (Å²) >= 11 is 9.39. The van der Waals surface area contributed by atoms with Gasteiger partial charge in [-0.05, 0) is 31.5 Å². The Morgan fingerprint density at radius 1 is 1.50 bits per heavy atom. The molecule has 0 bridgehead atoms. The first-order chi connectivity index (χ1) is 7.41. The van der Waals surface area contributed by atoms with Gasteiger partial charge >= 0.3 is 0 Å². The molecule has 3 nitrogen and oxygen atoms in total. The molecule has 0 heterocycles. The highest BCUT2D eigenvalue weighted by atomic mass is 79.9. The zero-order chi connectivity index (χ0) is 12.3. The molecule has 0 saturated carbocycles. The lowest BCUT2D eigenvalue weighted by atomic mass is 10.1. The molecule has 1 rings (SSSR count). The van der Waals surface area contributed by atoms with Crippen molar-refractivity contribution in [2.24, 2.45) is 5.73 Å². The van der Waals surface area contributed by atoms with Gasteiger partial charge in [-0.1, -0.05) is 33.6 Å². The van der Waals surface area contributed by atoms with Crippen molar-refractivity contribution in [3.05, 3.63) is 33.3 Å². The number of benzene rings is 1. The maximum Gasteiger partial charge on any atom is 0.239 e. The number of carbonyl (C=O) groups is 1. The second-order valence-electron chi connectivity index (χ2n) is 3.82. The van der Waals surface area contributed by atoms with Crippen molar-refractivity contribution >= 4 is 33.4 Å². The highest BCUT2D eigenvalue weighted by molar-refractivity contribution is 9.10. The van der Waals surface area contributed by atoms with Crippen molar-refractivity contribution < 1.29 is 4.79 Å². The van der Waals surface area contributed by atoms with Crippen molar-refractivity contribution in [3.8, 4) is 0 Å². The molecule has 88 valence electrons. The van der Waals surface area contributed by atoms with Gasteiger partial charge in [0.25, 0.3) is 0 Å². The Balaban J connectivity index is 3.06. The molecule has 1 atom stereocenters. The van der Waals surface area contributed by atoms with E-state index in [2.05, 4.69) is 21.2 Å². The molecule has 0 radical (unpaired) electrons. The van der Waals surface area contributed by atoms with E-state index in [-0.39, 0.29) is 6.04 Å². The molecular formula is C11H14BrClN2O. The molecule has 1 aromatic rings. The SMILES string of the molecule is CC(C)NC(C(N)=O)c1ccc(Br)cc1Cl. The summed E-state index contributed by atoms with van der Waals surface area (Å²) in [6.45, 7) is 3.89. The number of carbonyl (C=O) groups excluding carboxylic acids is 1. The molecule has 1 aromatic carbocycles. The van der Waals surface area contributed by atoms with Crippen LogP contribution in [0.3, 0.4) is 0 Å². The van der Waals surface area contributed by atoms with Crippen LogP contribution in [0.1, 0.15) is 25.5 Å². The van der Waals surface area contributed by atoms with Gasteiger partial charge in [-0.25, -0.2) is 0 Å². The van der Waals surface area contributed by atoms with Crippen molar-refractivity contribution in [3.63, 3.8) is 0 Å². The Hall–Kier alpha value is -0.580. The third-order valence-corrected chi connectivity index (χ3v) is 2.88. The number of rotatable bonds is 4. The van der Waals surface area contributed by atoms with Crippen LogP contribution in [0.4, 0.5) is 0 Å². The Morgan fingerprint density at radius 2 is 2.12 bits per heavy atom. The first-order valence-electron chi connectivity index (χ1n) is 4.92. The third kappa shape index (κ3) is 3.47. The van der Waals surface area contributed by atoms with Crippen LogP contribution >= 0.6 is 27.5 Å². The van der Waals surface area contributed by atoms with E-state index in [0.717, 1.165) is 4.47 Å². The number of hydrogen-bond acceptors (Lipinski definition) is 2. The first kappa shape index (κ1) is 13.5. The Morgan fingerprint density at radius 3 is 2.56 bits per heavy atom. The van der Waals surface area contributed by atoms with Crippen molar-refractivity contribution in [2.45, 2.75) is 25.9 Å². The number of nitrogens with two attached hydrogens (primary N) is 1. The van der Waals surface area contributed by atoms with Gasteiger partial charge in [0.05, 0.1) is 0 Å². The molecule has 0 aromatic heterocycles. The summed E-state index contributed by atoms with van der Waals surface area (Å²) in [5.41, 5.74) is 6.05. The van der Waals surface area contributed by atoms with Crippen LogP contribution in [0.2, 0.25) is 5.02 Å². The van der Waals surface area contributed by atoms with Crippen LogP contribution in [0.15, 0.2) is 22.7 Å². The average molecular weight is 306 g/mol. The second kappa shape index (κ2) is 5.66. The minimum absolute atomic E-state index is 0.150. The maximum absolute atomic E-state index is 11.4. The molecule has 0 aliphatic rings. The zero-order valence-electron chi connectivity index (χ0n) is 9.13. The van der Waals surface area contributed by atoms with E-state index in [9.17, 15) is 4.79 Å². The second-order valence-corrected chi connectivity index (χ2v) is 5.15. The number of nitrogens with one attached hydrogen (secondary N) is 1. The lowest BCUT2D eigenvalue weighted by Gasteiger charge is -2.19. The standard InChI is InChI=1S/C11H14BrClN2O/c1-6(2)15-10(11(14)16)8-4-3-7(12)5-9(8)13/h3-6,10,15H,1-2H3,(H2,14,16). The Kier molecular flexibility index (Phi) is 4.77. The Labute approximate surface area is 108 Å². The average Bonchev–Trinajstić information content (AvgIpc) is 2.14. The molecule has 0 fully saturated rings. The van der Waals surface area contributed by atoms with E-state index in [1.165, 1.54) is 0 Å². The number of halogens is 2. The molecular weight excluding hydrogens is 291 g/mol. The third-order valence-electron chi connectivity index (χ3n) is 2.06. The Bertz CT molecular complexity index is 396. The van der Waals surface area contributed by atoms with Crippen molar-refractivity contribution in [1.82, 2.24) is 5.32 Å². The van der Waals surface area contributed by atoms with E-state index in [1.54, 1.807) is 12.1 Å². The quantitative estimate of drug-likeness (QED) is 0.898. The van der Waals surface area contributed by atoms with Crippen LogP contribution < -0.4 is 11.1 Å². The van der Waals surface area contributed by atoms with Crippen LogP contribution in [-0.2, 0) is 4.79 Å². The van der Waals surface area contributed by atoms with Crippen LogP contribution in [0, 0.1) is 0 Å². The van der Waals surface area contributed by atoms with Crippen LogP contribution in [0.5, 0.6) is 0 Å². The number of primary amides is 1. The number of hydrogen-bond donors (Lipinski definition) is 2. The highest BCUT2D eigenvalue weighted by Gasteiger charge is 2.20. The summed E-state index contributed by atoms with van der Waals surface area (Å²) in [5.74, 6) is -0.432. The lowest BCUT2D eigenvalue weighted by Crippen LogP contribution is -2.37. The minimum atomic E-state index is -0.555. The zero-order valence-corrected chi connectivity index (χ0v) is 11.5. The predicted octanol–water partition coefficient (Wildman–Crippen LogP) is 2.63. The van der Waals surface area contributed by atoms with E-state index < -0.39 is 11.9 Å². The smallest absolute Gasteiger partial charge is 0.239 e.